The number of aliphatic hydroxyl groups is 1. The number of nitro groups is 1. The number of hydrogen-bond donors (Lipinski definition) is 1. The van der Waals surface area contributed by atoms with Gasteiger partial charge in [0, 0.05) is 11.6 Å². The zero-order chi connectivity index (χ0) is 14.9. The molecule has 0 aliphatic carbocycles. The summed E-state index contributed by atoms with van der Waals surface area (Å²) >= 11 is 0. The van der Waals surface area contributed by atoms with Gasteiger partial charge in [0.2, 0.25) is 0 Å². The molecule has 0 saturated carbocycles. The van der Waals surface area contributed by atoms with Crippen LogP contribution in [0.3, 0.4) is 0 Å². The normalized spacial score (nSPS) is 12.2. The molecule has 0 aliphatic rings. The fourth-order valence-electron chi connectivity index (χ4n) is 2.37. The van der Waals surface area contributed by atoms with Crippen LogP contribution in [0, 0.1) is 30.9 Å². The molecule has 4 heteroatoms. The maximum absolute atomic E-state index is 10.8. The second-order valence-corrected chi connectivity index (χ2v) is 5.07. The van der Waals surface area contributed by atoms with Crippen molar-refractivity contribution >= 4 is 5.69 Å². The van der Waals surface area contributed by atoms with Crippen LogP contribution in [0.2, 0.25) is 0 Å². The second kappa shape index (κ2) is 5.43. The van der Waals surface area contributed by atoms with Crippen molar-refractivity contribution in [3.63, 3.8) is 0 Å². The SMILES string of the molecule is Cc1ccc(C(O)c2ccc([N+](=O)[O-])c(C)c2)c(C)c1. The molecule has 0 radical (unpaired) electrons. The van der Waals surface area contributed by atoms with Crippen molar-refractivity contribution in [2.24, 2.45) is 0 Å². The van der Waals surface area contributed by atoms with Gasteiger partial charge >= 0.3 is 0 Å². The lowest BCUT2D eigenvalue weighted by atomic mass is 9.95. The number of nitro benzene ring substituents is 1. The Bertz CT molecular complexity index is 665. The molecule has 0 aliphatic heterocycles. The van der Waals surface area contributed by atoms with Gasteiger partial charge in [-0.15, -0.1) is 0 Å². The third-order valence-electron chi connectivity index (χ3n) is 3.45. The van der Waals surface area contributed by atoms with Crippen molar-refractivity contribution in [2.45, 2.75) is 26.9 Å². The van der Waals surface area contributed by atoms with Crippen LogP contribution in [0.1, 0.15) is 33.9 Å². The van der Waals surface area contributed by atoms with Crippen LogP contribution >= 0.6 is 0 Å². The number of aryl methyl sites for hydroxylation is 3. The van der Waals surface area contributed by atoms with E-state index in [0.29, 0.717) is 11.1 Å². The Morgan fingerprint density at radius 2 is 1.75 bits per heavy atom. The molecule has 1 unspecified atom stereocenters. The quantitative estimate of drug-likeness (QED) is 0.685. The van der Waals surface area contributed by atoms with Crippen molar-refractivity contribution in [1.82, 2.24) is 0 Å². The molecule has 1 atom stereocenters. The van der Waals surface area contributed by atoms with Crippen LogP contribution in [0.5, 0.6) is 0 Å². The van der Waals surface area contributed by atoms with E-state index in [9.17, 15) is 15.2 Å². The zero-order valence-electron chi connectivity index (χ0n) is 11.8. The van der Waals surface area contributed by atoms with Gasteiger partial charge in [-0.25, -0.2) is 0 Å². The first kappa shape index (κ1) is 14.2. The zero-order valence-corrected chi connectivity index (χ0v) is 11.8. The predicted octanol–water partition coefficient (Wildman–Crippen LogP) is 3.60. The van der Waals surface area contributed by atoms with Gasteiger partial charge in [-0.1, -0.05) is 23.8 Å². The summed E-state index contributed by atoms with van der Waals surface area (Å²) in [7, 11) is 0. The van der Waals surface area contributed by atoms with Crippen LogP contribution in [-0.2, 0) is 0 Å². The molecule has 0 amide bonds. The number of hydrogen-bond acceptors (Lipinski definition) is 3. The molecule has 104 valence electrons. The van der Waals surface area contributed by atoms with Crippen molar-refractivity contribution in [2.75, 3.05) is 0 Å². The fraction of sp³-hybridized carbons (Fsp3) is 0.250. The Balaban J connectivity index is 2.40. The van der Waals surface area contributed by atoms with E-state index in [1.54, 1.807) is 19.1 Å². The first-order valence-corrected chi connectivity index (χ1v) is 6.40. The summed E-state index contributed by atoms with van der Waals surface area (Å²) in [5, 5.41) is 21.3. The maximum atomic E-state index is 10.8. The van der Waals surface area contributed by atoms with Crippen molar-refractivity contribution < 1.29 is 10.0 Å². The highest BCUT2D eigenvalue weighted by molar-refractivity contribution is 5.45. The van der Waals surface area contributed by atoms with Crippen LogP contribution in [0.4, 0.5) is 5.69 Å². The molecule has 2 aromatic rings. The summed E-state index contributed by atoms with van der Waals surface area (Å²) in [6, 6.07) is 10.6. The van der Waals surface area contributed by atoms with E-state index < -0.39 is 11.0 Å². The predicted molar refractivity (Wildman–Crippen MR) is 77.8 cm³/mol. The van der Waals surface area contributed by atoms with Gasteiger partial charge in [-0.05, 0) is 49.6 Å². The third kappa shape index (κ3) is 2.70. The molecule has 20 heavy (non-hydrogen) atoms. The minimum atomic E-state index is -0.768. The summed E-state index contributed by atoms with van der Waals surface area (Å²) < 4.78 is 0. The molecule has 0 saturated heterocycles. The first-order chi connectivity index (χ1) is 9.40. The number of nitrogens with zero attached hydrogens (tertiary/aromatic N) is 1. The smallest absolute Gasteiger partial charge is 0.272 e. The van der Waals surface area contributed by atoms with E-state index in [1.165, 1.54) is 6.07 Å². The Hall–Kier alpha value is -2.20. The maximum Gasteiger partial charge on any atom is 0.272 e. The molecule has 0 spiro atoms. The monoisotopic (exact) mass is 271 g/mol. The number of benzene rings is 2. The molecule has 2 aromatic carbocycles. The molecule has 4 nitrogen and oxygen atoms in total. The lowest BCUT2D eigenvalue weighted by Crippen LogP contribution is -2.03. The van der Waals surface area contributed by atoms with E-state index in [0.717, 1.165) is 16.7 Å². The van der Waals surface area contributed by atoms with Crippen molar-refractivity contribution in [3.05, 3.63) is 74.3 Å². The molecule has 0 bridgehead atoms. The van der Waals surface area contributed by atoms with E-state index in [1.807, 2.05) is 32.0 Å². The Morgan fingerprint density at radius 3 is 2.30 bits per heavy atom. The summed E-state index contributed by atoms with van der Waals surface area (Å²) in [6.45, 7) is 5.62. The van der Waals surface area contributed by atoms with E-state index in [2.05, 4.69) is 0 Å². The lowest BCUT2D eigenvalue weighted by Gasteiger charge is -2.15. The van der Waals surface area contributed by atoms with Gasteiger partial charge < -0.3 is 5.11 Å². The van der Waals surface area contributed by atoms with E-state index >= 15 is 0 Å². The lowest BCUT2D eigenvalue weighted by molar-refractivity contribution is -0.385. The van der Waals surface area contributed by atoms with Gasteiger partial charge in [-0.3, -0.25) is 10.1 Å². The molecular formula is C16H17NO3. The molecule has 0 fully saturated rings. The third-order valence-corrected chi connectivity index (χ3v) is 3.45. The standard InChI is InChI=1S/C16H17NO3/c1-10-4-6-14(11(2)8-10)16(18)13-5-7-15(17(19)20)12(3)9-13/h4-9,16,18H,1-3H3. The molecule has 0 heterocycles. The average molecular weight is 271 g/mol. The van der Waals surface area contributed by atoms with Crippen molar-refractivity contribution in [3.8, 4) is 0 Å². The summed E-state index contributed by atoms with van der Waals surface area (Å²) in [5.74, 6) is 0. The van der Waals surface area contributed by atoms with Crippen LogP contribution in [0.15, 0.2) is 36.4 Å². The largest absolute Gasteiger partial charge is 0.384 e. The second-order valence-electron chi connectivity index (χ2n) is 5.07. The van der Waals surface area contributed by atoms with Gasteiger partial charge in [-0.2, -0.15) is 0 Å². The molecular weight excluding hydrogens is 254 g/mol. The summed E-state index contributed by atoms with van der Waals surface area (Å²) in [4.78, 5) is 10.4. The Labute approximate surface area is 117 Å². The van der Waals surface area contributed by atoms with Crippen LogP contribution in [0.25, 0.3) is 0 Å². The van der Waals surface area contributed by atoms with Crippen molar-refractivity contribution in [1.29, 1.82) is 0 Å². The summed E-state index contributed by atoms with van der Waals surface area (Å²) in [6.07, 6.45) is -0.768. The Kier molecular flexibility index (Phi) is 3.86. The van der Waals surface area contributed by atoms with Gasteiger partial charge in [0.25, 0.3) is 5.69 Å². The van der Waals surface area contributed by atoms with Gasteiger partial charge in [0.15, 0.2) is 0 Å². The van der Waals surface area contributed by atoms with Gasteiger partial charge in [0.1, 0.15) is 6.10 Å². The average Bonchev–Trinajstić information content (AvgIpc) is 2.37. The minimum absolute atomic E-state index is 0.0709. The highest BCUT2D eigenvalue weighted by Crippen LogP contribution is 2.28. The minimum Gasteiger partial charge on any atom is -0.384 e. The molecule has 0 aromatic heterocycles. The molecule has 2 rings (SSSR count). The Morgan fingerprint density at radius 1 is 1.05 bits per heavy atom. The van der Waals surface area contributed by atoms with Crippen LogP contribution in [-0.4, -0.2) is 10.0 Å². The number of aliphatic hydroxyl groups excluding tert-OH is 1. The van der Waals surface area contributed by atoms with Gasteiger partial charge in [0.05, 0.1) is 4.92 Å². The highest BCUT2D eigenvalue weighted by atomic mass is 16.6. The topological polar surface area (TPSA) is 63.4 Å². The summed E-state index contributed by atoms with van der Waals surface area (Å²) in [5.41, 5.74) is 4.26. The van der Waals surface area contributed by atoms with Crippen LogP contribution < -0.4 is 0 Å². The highest BCUT2D eigenvalue weighted by Gasteiger charge is 2.17. The van der Waals surface area contributed by atoms with E-state index in [-0.39, 0.29) is 5.69 Å². The first-order valence-electron chi connectivity index (χ1n) is 6.40. The fourth-order valence-corrected chi connectivity index (χ4v) is 2.37. The number of rotatable bonds is 3. The molecule has 1 N–H and O–H groups in total. The van der Waals surface area contributed by atoms with E-state index in [4.69, 9.17) is 0 Å².